The number of aryl methyl sites for hydroxylation is 1. The van der Waals surface area contributed by atoms with Crippen molar-refractivity contribution < 1.29 is 8.78 Å². The number of alkyl halides is 1. The van der Waals surface area contributed by atoms with Gasteiger partial charge in [0.25, 0.3) is 0 Å². The monoisotopic (exact) mass is 156 g/mol. The summed E-state index contributed by atoms with van der Waals surface area (Å²) in [5.41, 5.74) is 1.35. The SMILES string of the molecule is CCc1ccc(F)cc1CF. The first-order valence-corrected chi connectivity index (χ1v) is 3.61. The average molecular weight is 156 g/mol. The summed E-state index contributed by atoms with van der Waals surface area (Å²) >= 11 is 0. The van der Waals surface area contributed by atoms with Crippen LogP contribution in [0.25, 0.3) is 0 Å². The second-order valence-electron chi connectivity index (χ2n) is 2.40. The van der Waals surface area contributed by atoms with Gasteiger partial charge in [0.15, 0.2) is 0 Å². The molecular weight excluding hydrogens is 146 g/mol. The molecule has 60 valence electrons. The Hall–Kier alpha value is -0.920. The first-order valence-electron chi connectivity index (χ1n) is 3.61. The van der Waals surface area contributed by atoms with E-state index in [0.29, 0.717) is 5.56 Å². The Morgan fingerprint density at radius 2 is 2.00 bits per heavy atom. The Bertz CT molecular complexity index is 243. The summed E-state index contributed by atoms with van der Waals surface area (Å²) in [5, 5.41) is 0. The lowest BCUT2D eigenvalue weighted by Gasteiger charge is -2.02. The van der Waals surface area contributed by atoms with Gasteiger partial charge in [0.05, 0.1) is 0 Å². The van der Waals surface area contributed by atoms with Crippen LogP contribution in [0.3, 0.4) is 0 Å². The number of benzene rings is 1. The number of hydrogen-bond acceptors (Lipinski definition) is 0. The Kier molecular flexibility index (Phi) is 2.58. The zero-order chi connectivity index (χ0) is 8.27. The minimum atomic E-state index is -0.582. The Labute approximate surface area is 64.9 Å². The Morgan fingerprint density at radius 1 is 1.27 bits per heavy atom. The third kappa shape index (κ3) is 1.76. The van der Waals surface area contributed by atoms with Crippen LogP contribution in [0.4, 0.5) is 8.78 Å². The summed E-state index contributed by atoms with van der Waals surface area (Å²) in [6.45, 7) is 1.34. The molecule has 0 bridgehead atoms. The van der Waals surface area contributed by atoms with Crippen LogP contribution >= 0.6 is 0 Å². The van der Waals surface area contributed by atoms with E-state index in [-0.39, 0.29) is 5.82 Å². The lowest BCUT2D eigenvalue weighted by atomic mass is 10.1. The van der Waals surface area contributed by atoms with Gasteiger partial charge in [-0.05, 0) is 29.7 Å². The van der Waals surface area contributed by atoms with Gasteiger partial charge in [0, 0.05) is 0 Å². The summed E-state index contributed by atoms with van der Waals surface area (Å²) in [4.78, 5) is 0. The fraction of sp³-hybridized carbons (Fsp3) is 0.333. The van der Waals surface area contributed by atoms with Crippen molar-refractivity contribution >= 4 is 0 Å². The molecule has 0 atom stereocenters. The van der Waals surface area contributed by atoms with Gasteiger partial charge >= 0.3 is 0 Å². The molecule has 0 radical (unpaired) electrons. The molecule has 0 aliphatic heterocycles. The molecule has 0 heterocycles. The van der Waals surface area contributed by atoms with Crippen LogP contribution in [-0.4, -0.2) is 0 Å². The molecule has 1 rings (SSSR count). The van der Waals surface area contributed by atoms with Gasteiger partial charge in [-0.3, -0.25) is 0 Å². The number of hydrogen-bond donors (Lipinski definition) is 0. The van der Waals surface area contributed by atoms with Crippen LogP contribution in [-0.2, 0) is 13.1 Å². The van der Waals surface area contributed by atoms with Crippen LogP contribution in [0.15, 0.2) is 18.2 Å². The van der Waals surface area contributed by atoms with Gasteiger partial charge in [0.2, 0.25) is 0 Å². The van der Waals surface area contributed by atoms with Crippen molar-refractivity contribution in [1.82, 2.24) is 0 Å². The predicted molar refractivity (Wildman–Crippen MR) is 40.6 cm³/mol. The quantitative estimate of drug-likeness (QED) is 0.617. The molecule has 0 saturated heterocycles. The van der Waals surface area contributed by atoms with E-state index in [4.69, 9.17) is 0 Å². The summed E-state index contributed by atoms with van der Waals surface area (Å²) < 4.78 is 24.7. The van der Waals surface area contributed by atoms with Gasteiger partial charge in [-0.1, -0.05) is 13.0 Å². The molecule has 0 unspecified atom stereocenters. The summed E-state index contributed by atoms with van der Waals surface area (Å²) in [7, 11) is 0. The van der Waals surface area contributed by atoms with E-state index in [2.05, 4.69) is 0 Å². The first-order chi connectivity index (χ1) is 5.27. The molecule has 0 aromatic heterocycles. The molecule has 2 heteroatoms. The van der Waals surface area contributed by atoms with Crippen molar-refractivity contribution in [3.63, 3.8) is 0 Å². The zero-order valence-electron chi connectivity index (χ0n) is 6.40. The van der Waals surface area contributed by atoms with Crippen LogP contribution in [0.5, 0.6) is 0 Å². The highest BCUT2D eigenvalue weighted by Gasteiger charge is 2.00. The molecule has 11 heavy (non-hydrogen) atoms. The van der Waals surface area contributed by atoms with E-state index in [1.54, 1.807) is 6.07 Å². The smallest absolute Gasteiger partial charge is 0.123 e. The second-order valence-corrected chi connectivity index (χ2v) is 2.40. The number of halogens is 2. The van der Waals surface area contributed by atoms with Crippen molar-refractivity contribution in [3.8, 4) is 0 Å². The van der Waals surface area contributed by atoms with E-state index < -0.39 is 6.67 Å². The van der Waals surface area contributed by atoms with Crippen molar-refractivity contribution in [2.75, 3.05) is 0 Å². The van der Waals surface area contributed by atoms with Crippen LogP contribution < -0.4 is 0 Å². The number of rotatable bonds is 2. The van der Waals surface area contributed by atoms with Crippen molar-refractivity contribution in [3.05, 3.63) is 35.1 Å². The summed E-state index contributed by atoms with van der Waals surface area (Å²) in [5.74, 6) is -0.366. The third-order valence-corrected chi connectivity index (χ3v) is 1.69. The van der Waals surface area contributed by atoms with E-state index in [1.165, 1.54) is 12.1 Å². The maximum absolute atomic E-state index is 12.5. The van der Waals surface area contributed by atoms with E-state index >= 15 is 0 Å². The van der Waals surface area contributed by atoms with E-state index in [1.807, 2.05) is 6.92 Å². The molecule has 0 N–H and O–H groups in total. The summed E-state index contributed by atoms with van der Waals surface area (Å²) in [6, 6.07) is 4.24. The van der Waals surface area contributed by atoms with Gasteiger partial charge in [-0.2, -0.15) is 0 Å². The molecule has 0 amide bonds. The van der Waals surface area contributed by atoms with Gasteiger partial charge in [0.1, 0.15) is 12.5 Å². The molecule has 0 fully saturated rings. The normalized spacial score (nSPS) is 10.1. The molecule has 0 nitrogen and oxygen atoms in total. The van der Waals surface area contributed by atoms with Gasteiger partial charge in [-0.25, -0.2) is 8.78 Å². The van der Waals surface area contributed by atoms with Crippen molar-refractivity contribution in [2.24, 2.45) is 0 Å². The molecule has 0 aliphatic rings. The fourth-order valence-electron chi connectivity index (χ4n) is 1.06. The maximum Gasteiger partial charge on any atom is 0.123 e. The Balaban J connectivity index is 3.06. The molecule has 0 saturated carbocycles. The minimum Gasteiger partial charge on any atom is -0.246 e. The lowest BCUT2D eigenvalue weighted by Crippen LogP contribution is -1.90. The fourth-order valence-corrected chi connectivity index (χ4v) is 1.06. The van der Waals surface area contributed by atoms with Gasteiger partial charge < -0.3 is 0 Å². The molecule has 1 aromatic rings. The predicted octanol–water partition coefficient (Wildman–Crippen LogP) is 2.86. The van der Waals surface area contributed by atoms with E-state index in [9.17, 15) is 8.78 Å². The minimum absolute atomic E-state index is 0.366. The second kappa shape index (κ2) is 3.46. The molecule has 0 spiro atoms. The van der Waals surface area contributed by atoms with Crippen LogP contribution in [0.2, 0.25) is 0 Å². The Morgan fingerprint density at radius 3 is 2.55 bits per heavy atom. The van der Waals surface area contributed by atoms with Crippen molar-refractivity contribution in [2.45, 2.75) is 20.0 Å². The largest absolute Gasteiger partial charge is 0.246 e. The van der Waals surface area contributed by atoms with Crippen LogP contribution in [0.1, 0.15) is 18.1 Å². The van der Waals surface area contributed by atoms with Gasteiger partial charge in [-0.15, -0.1) is 0 Å². The highest BCUT2D eigenvalue weighted by molar-refractivity contribution is 5.27. The molecule has 0 aliphatic carbocycles. The summed E-state index contributed by atoms with van der Waals surface area (Å²) in [6.07, 6.45) is 0.750. The maximum atomic E-state index is 12.5. The highest BCUT2D eigenvalue weighted by atomic mass is 19.1. The van der Waals surface area contributed by atoms with E-state index in [0.717, 1.165) is 12.0 Å². The van der Waals surface area contributed by atoms with Crippen molar-refractivity contribution in [1.29, 1.82) is 0 Å². The lowest BCUT2D eigenvalue weighted by molar-refractivity contribution is 0.479. The molecule has 1 aromatic carbocycles. The third-order valence-electron chi connectivity index (χ3n) is 1.69. The van der Waals surface area contributed by atoms with Crippen LogP contribution in [0, 0.1) is 5.82 Å². The first kappa shape index (κ1) is 8.18. The molecular formula is C9H10F2. The zero-order valence-corrected chi connectivity index (χ0v) is 6.40. The standard InChI is InChI=1S/C9H10F2/c1-2-7-3-4-9(11)5-8(7)6-10/h3-5H,2,6H2,1H3. The highest BCUT2D eigenvalue weighted by Crippen LogP contribution is 2.12. The topological polar surface area (TPSA) is 0 Å². The average Bonchev–Trinajstić information content (AvgIpc) is 2.04.